The normalized spacial score (nSPS) is 9.83. The predicted molar refractivity (Wildman–Crippen MR) is 74.7 cm³/mol. The van der Waals surface area contributed by atoms with Crippen molar-refractivity contribution in [2.24, 2.45) is 0 Å². The number of hydrogen-bond acceptors (Lipinski definition) is 2. The van der Waals surface area contributed by atoms with Crippen molar-refractivity contribution in [3.8, 4) is 6.07 Å². The first-order valence-electron chi connectivity index (χ1n) is 5.69. The van der Waals surface area contributed by atoms with E-state index in [-0.39, 0.29) is 0 Å². The summed E-state index contributed by atoms with van der Waals surface area (Å²) in [6.45, 7) is 2.59. The molecule has 0 spiro atoms. The highest BCUT2D eigenvalue weighted by Gasteiger charge is 2.03. The van der Waals surface area contributed by atoms with Gasteiger partial charge in [-0.1, -0.05) is 35.9 Å². The first-order chi connectivity index (χ1) is 8.70. The van der Waals surface area contributed by atoms with Crippen LogP contribution in [0.5, 0.6) is 0 Å². The number of aryl methyl sites for hydroxylation is 1. The van der Waals surface area contributed by atoms with Gasteiger partial charge in [-0.25, -0.2) is 0 Å². The summed E-state index contributed by atoms with van der Waals surface area (Å²) < 4.78 is 0. The molecule has 2 aromatic carbocycles. The minimum atomic E-state index is 0.590. The molecule has 3 heteroatoms. The van der Waals surface area contributed by atoms with Gasteiger partial charge in [0.2, 0.25) is 0 Å². The first kappa shape index (κ1) is 12.5. The summed E-state index contributed by atoms with van der Waals surface area (Å²) in [5.41, 5.74) is 3.67. The molecule has 0 aromatic heterocycles. The third-order valence-corrected chi connectivity index (χ3v) is 3.04. The maximum absolute atomic E-state index is 9.00. The van der Waals surface area contributed by atoms with Gasteiger partial charge in [0.15, 0.2) is 0 Å². The van der Waals surface area contributed by atoms with Crippen LogP contribution in [0.2, 0.25) is 5.02 Å². The molecule has 0 aliphatic heterocycles. The van der Waals surface area contributed by atoms with E-state index in [0.717, 1.165) is 16.8 Å². The third-order valence-electron chi connectivity index (χ3n) is 2.73. The molecule has 2 nitrogen and oxygen atoms in total. The smallest absolute Gasteiger partial charge is 0.0995 e. The molecule has 1 N–H and O–H groups in total. The topological polar surface area (TPSA) is 35.8 Å². The molecule has 0 radical (unpaired) electrons. The van der Waals surface area contributed by atoms with Crippen LogP contribution in [0.1, 0.15) is 16.7 Å². The maximum atomic E-state index is 9.00. The fraction of sp³-hybridized carbons (Fsp3) is 0.133. The molecule has 0 atom stereocenters. The van der Waals surface area contributed by atoms with Crippen molar-refractivity contribution < 1.29 is 0 Å². The highest BCUT2D eigenvalue weighted by molar-refractivity contribution is 6.33. The Labute approximate surface area is 112 Å². The Balaban J connectivity index is 2.14. The molecular weight excluding hydrogens is 244 g/mol. The van der Waals surface area contributed by atoms with E-state index in [1.807, 2.05) is 49.4 Å². The molecule has 0 unspecified atom stereocenters. The van der Waals surface area contributed by atoms with Gasteiger partial charge >= 0.3 is 0 Å². The van der Waals surface area contributed by atoms with Crippen LogP contribution < -0.4 is 5.32 Å². The number of nitrogens with zero attached hydrogens (tertiary/aromatic N) is 1. The molecule has 0 amide bonds. The number of benzene rings is 2. The van der Waals surface area contributed by atoms with E-state index >= 15 is 0 Å². The van der Waals surface area contributed by atoms with Gasteiger partial charge in [0.05, 0.1) is 22.3 Å². The summed E-state index contributed by atoms with van der Waals surface area (Å²) in [5.74, 6) is 0. The van der Waals surface area contributed by atoms with E-state index < -0.39 is 0 Å². The van der Waals surface area contributed by atoms with E-state index in [9.17, 15) is 0 Å². The number of nitriles is 1. The Morgan fingerprint density at radius 1 is 1.22 bits per heavy atom. The zero-order valence-corrected chi connectivity index (χ0v) is 10.8. The van der Waals surface area contributed by atoms with Crippen molar-refractivity contribution in [1.82, 2.24) is 0 Å². The monoisotopic (exact) mass is 256 g/mol. The average Bonchev–Trinajstić information content (AvgIpc) is 2.38. The van der Waals surface area contributed by atoms with E-state index in [0.29, 0.717) is 17.1 Å². The average molecular weight is 257 g/mol. The minimum absolute atomic E-state index is 0.590. The molecule has 0 aliphatic carbocycles. The fourth-order valence-electron chi connectivity index (χ4n) is 1.74. The summed E-state index contributed by atoms with van der Waals surface area (Å²) in [6.07, 6.45) is 0. The Morgan fingerprint density at radius 2 is 2.00 bits per heavy atom. The lowest BCUT2D eigenvalue weighted by molar-refractivity contribution is 1.14. The molecule has 0 saturated carbocycles. The minimum Gasteiger partial charge on any atom is -0.380 e. The van der Waals surface area contributed by atoms with Crippen LogP contribution in [0.25, 0.3) is 0 Å². The maximum Gasteiger partial charge on any atom is 0.0995 e. The van der Waals surface area contributed by atoms with Crippen molar-refractivity contribution >= 4 is 17.3 Å². The van der Waals surface area contributed by atoms with Gasteiger partial charge in [0.25, 0.3) is 0 Å². The van der Waals surface area contributed by atoms with Gasteiger partial charge < -0.3 is 5.32 Å². The van der Waals surface area contributed by atoms with Crippen LogP contribution in [0, 0.1) is 18.3 Å². The van der Waals surface area contributed by atoms with Gasteiger partial charge in [-0.15, -0.1) is 0 Å². The highest BCUT2D eigenvalue weighted by Crippen LogP contribution is 2.23. The largest absolute Gasteiger partial charge is 0.380 e. The van der Waals surface area contributed by atoms with Crippen molar-refractivity contribution in [2.75, 3.05) is 5.32 Å². The standard InChI is InChI=1S/C15H13ClN2/c1-11-6-7-15(14(16)8-11)18-10-13-5-3-2-4-12(13)9-17/h2-8,18H,10H2,1H3. The fourth-order valence-corrected chi connectivity index (χ4v) is 2.04. The zero-order valence-electron chi connectivity index (χ0n) is 10.1. The SMILES string of the molecule is Cc1ccc(NCc2ccccc2C#N)c(Cl)c1. The first-order valence-corrected chi connectivity index (χ1v) is 6.06. The van der Waals surface area contributed by atoms with Gasteiger partial charge in [0.1, 0.15) is 0 Å². The Bertz CT molecular complexity index is 600. The number of anilines is 1. The van der Waals surface area contributed by atoms with E-state index in [4.69, 9.17) is 16.9 Å². The lowest BCUT2D eigenvalue weighted by atomic mass is 10.1. The van der Waals surface area contributed by atoms with E-state index in [2.05, 4.69) is 11.4 Å². The molecule has 2 aromatic rings. The molecule has 2 rings (SSSR count). The molecular formula is C15H13ClN2. The van der Waals surface area contributed by atoms with Crippen molar-refractivity contribution in [1.29, 1.82) is 5.26 Å². The molecule has 0 fully saturated rings. The van der Waals surface area contributed by atoms with Crippen LogP contribution in [-0.2, 0) is 6.54 Å². The van der Waals surface area contributed by atoms with Crippen LogP contribution in [0.15, 0.2) is 42.5 Å². The second kappa shape index (κ2) is 5.57. The van der Waals surface area contributed by atoms with E-state index in [1.165, 1.54) is 0 Å². The van der Waals surface area contributed by atoms with Crippen LogP contribution in [0.3, 0.4) is 0 Å². The van der Waals surface area contributed by atoms with E-state index in [1.54, 1.807) is 0 Å². The molecule has 90 valence electrons. The van der Waals surface area contributed by atoms with Crippen molar-refractivity contribution in [3.63, 3.8) is 0 Å². The number of halogens is 1. The Morgan fingerprint density at radius 3 is 2.72 bits per heavy atom. The number of hydrogen-bond donors (Lipinski definition) is 1. The Hall–Kier alpha value is -1.98. The van der Waals surface area contributed by atoms with Crippen LogP contribution in [0.4, 0.5) is 5.69 Å². The van der Waals surface area contributed by atoms with Crippen molar-refractivity contribution in [3.05, 3.63) is 64.2 Å². The molecule has 0 heterocycles. The molecule has 0 aliphatic rings. The number of rotatable bonds is 3. The Kier molecular flexibility index (Phi) is 3.86. The predicted octanol–water partition coefficient (Wildman–Crippen LogP) is 4.13. The zero-order chi connectivity index (χ0) is 13.0. The van der Waals surface area contributed by atoms with Gasteiger partial charge in [-0.3, -0.25) is 0 Å². The molecule has 0 saturated heterocycles. The summed E-state index contributed by atoms with van der Waals surface area (Å²) >= 11 is 6.14. The van der Waals surface area contributed by atoms with Crippen LogP contribution in [-0.4, -0.2) is 0 Å². The summed E-state index contributed by atoms with van der Waals surface area (Å²) in [6, 6.07) is 15.6. The molecule has 18 heavy (non-hydrogen) atoms. The van der Waals surface area contributed by atoms with Gasteiger partial charge in [0, 0.05) is 6.54 Å². The quantitative estimate of drug-likeness (QED) is 0.896. The summed E-state index contributed by atoms with van der Waals surface area (Å²) in [4.78, 5) is 0. The van der Waals surface area contributed by atoms with Crippen molar-refractivity contribution in [2.45, 2.75) is 13.5 Å². The third kappa shape index (κ3) is 2.82. The lowest BCUT2D eigenvalue weighted by Gasteiger charge is -2.10. The lowest BCUT2D eigenvalue weighted by Crippen LogP contribution is -2.02. The van der Waals surface area contributed by atoms with Gasteiger partial charge in [-0.2, -0.15) is 5.26 Å². The summed E-state index contributed by atoms with van der Waals surface area (Å²) in [7, 11) is 0. The molecule has 0 bridgehead atoms. The number of nitrogens with one attached hydrogen (secondary N) is 1. The summed E-state index contributed by atoms with van der Waals surface area (Å²) in [5, 5.41) is 12.9. The highest BCUT2D eigenvalue weighted by atomic mass is 35.5. The second-order valence-electron chi connectivity index (χ2n) is 4.11. The van der Waals surface area contributed by atoms with Crippen LogP contribution >= 0.6 is 11.6 Å². The van der Waals surface area contributed by atoms with Gasteiger partial charge in [-0.05, 0) is 36.2 Å². The second-order valence-corrected chi connectivity index (χ2v) is 4.51.